The molecule has 4 heteroatoms. The molecule has 0 saturated carbocycles. The van der Waals surface area contributed by atoms with Crippen molar-refractivity contribution < 1.29 is 9.53 Å². The van der Waals surface area contributed by atoms with Crippen LogP contribution in [0.25, 0.3) is 0 Å². The molecule has 0 saturated heterocycles. The van der Waals surface area contributed by atoms with Crippen molar-refractivity contribution in [3.8, 4) is 0 Å². The van der Waals surface area contributed by atoms with Gasteiger partial charge in [-0.15, -0.1) is 21.8 Å². The molecule has 0 N–H and O–H groups in total. The number of carbonyl (C=O) groups is 1. The van der Waals surface area contributed by atoms with E-state index in [1.54, 1.807) is 0 Å². The van der Waals surface area contributed by atoms with Gasteiger partial charge in [-0.05, 0) is 25.8 Å². The summed E-state index contributed by atoms with van der Waals surface area (Å²) in [5, 5.41) is 0. The molecule has 1 atom stereocenters. The Labute approximate surface area is 158 Å². The molecule has 23 heavy (non-hydrogen) atoms. The summed E-state index contributed by atoms with van der Waals surface area (Å²) in [7, 11) is 0. The lowest BCUT2D eigenvalue weighted by Crippen LogP contribution is -2.13. The number of halogens is 1. The molecule has 0 aromatic rings. The molecular formula is C19H37IO2Si. The van der Waals surface area contributed by atoms with Crippen molar-refractivity contribution in [2.45, 2.75) is 103 Å². The van der Waals surface area contributed by atoms with Crippen LogP contribution in [-0.2, 0) is 9.53 Å². The fourth-order valence-electron chi connectivity index (χ4n) is 2.70. The first-order valence-electron chi connectivity index (χ1n) is 9.37. The third-order valence-corrected chi connectivity index (χ3v) is 7.28. The monoisotopic (exact) mass is 452 g/mol. The third-order valence-electron chi connectivity index (χ3n) is 4.12. The molecule has 0 heterocycles. The van der Waals surface area contributed by atoms with Gasteiger partial charge in [-0.2, -0.15) is 0 Å². The lowest BCUT2D eigenvalue weighted by Gasteiger charge is -2.12. The maximum absolute atomic E-state index is 11.0. The van der Waals surface area contributed by atoms with Crippen LogP contribution in [0.15, 0.2) is 12.7 Å². The molecule has 0 aliphatic heterocycles. The van der Waals surface area contributed by atoms with Crippen LogP contribution in [0.3, 0.4) is 0 Å². The molecule has 0 radical (unpaired) electrons. The molecular weight excluding hydrogens is 415 g/mol. The fraction of sp³-hybridized carbons (Fsp3) is 0.842. The molecule has 0 bridgehead atoms. The van der Waals surface area contributed by atoms with E-state index in [2.05, 4.69) is 41.5 Å². The molecule has 0 amide bonds. The zero-order valence-electron chi connectivity index (χ0n) is 15.5. The van der Waals surface area contributed by atoms with Gasteiger partial charge in [-0.3, -0.25) is 0 Å². The van der Waals surface area contributed by atoms with Gasteiger partial charge in [0.2, 0.25) is 0 Å². The van der Waals surface area contributed by atoms with Crippen molar-refractivity contribution >= 4 is 33.3 Å². The number of rotatable bonds is 15. The van der Waals surface area contributed by atoms with E-state index in [-0.39, 0.29) is 12.1 Å². The quantitative estimate of drug-likeness (QED) is 0.0666. The Morgan fingerprint density at radius 1 is 1.00 bits per heavy atom. The van der Waals surface area contributed by atoms with Gasteiger partial charge in [-0.1, -0.05) is 77.5 Å². The third kappa shape index (κ3) is 18.3. The highest BCUT2D eigenvalue weighted by Gasteiger charge is 2.14. The van der Waals surface area contributed by atoms with Crippen LogP contribution < -0.4 is 0 Å². The molecule has 0 aliphatic rings. The van der Waals surface area contributed by atoms with Gasteiger partial charge in [0, 0.05) is 6.08 Å². The van der Waals surface area contributed by atoms with E-state index < -0.39 is 5.57 Å². The molecule has 136 valence electrons. The second-order valence-electron chi connectivity index (χ2n) is 7.24. The van der Waals surface area contributed by atoms with Crippen LogP contribution in [0.2, 0.25) is 19.1 Å². The fourth-order valence-corrected chi connectivity index (χ4v) is 4.93. The summed E-state index contributed by atoms with van der Waals surface area (Å²) >= 11 is 2.69. The molecule has 0 fully saturated rings. The minimum absolute atomic E-state index is 0.0242. The van der Waals surface area contributed by atoms with E-state index >= 15 is 0 Å². The predicted molar refractivity (Wildman–Crippen MR) is 113 cm³/mol. The number of ether oxygens (including phenoxy) is 1. The zero-order chi connectivity index (χ0) is 17.6. The number of hydrogen-bond donors (Lipinski definition) is 0. The Morgan fingerprint density at radius 3 is 1.87 bits per heavy atom. The van der Waals surface area contributed by atoms with Crippen LogP contribution in [0, 0.1) is 0 Å². The Hall–Kier alpha value is 0.157. The van der Waals surface area contributed by atoms with Gasteiger partial charge in [0.1, 0.15) is 5.57 Å². The van der Waals surface area contributed by atoms with E-state index in [9.17, 15) is 4.79 Å². The second-order valence-corrected chi connectivity index (χ2v) is 19.9. The van der Waals surface area contributed by atoms with Crippen LogP contribution in [0.4, 0.5) is 0 Å². The largest absolute Gasteiger partial charge is 0.460 e. The lowest BCUT2D eigenvalue weighted by molar-refractivity contribution is -0.142. The molecule has 0 aromatic carbocycles. The van der Waals surface area contributed by atoms with Crippen LogP contribution in [0.1, 0.15) is 77.6 Å². The normalized spacial score (nSPS) is 12.9. The summed E-state index contributed by atoms with van der Waals surface area (Å²) in [4.78, 5) is 11.0. The summed E-state index contributed by atoms with van der Waals surface area (Å²) in [6.07, 6.45) is 15.8. The first-order valence-corrected chi connectivity index (χ1v) is 15.7. The highest BCUT2D eigenvalue weighted by Crippen LogP contribution is 2.21. The average molecular weight is 452 g/mol. The number of hydrogen-bond acceptors (Lipinski definition) is 2. The summed E-state index contributed by atoms with van der Waals surface area (Å²) < 4.78 is 5.16. The Kier molecular flexibility index (Phi) is 14.6. The minimum Gasteiger partial charge on any atom is -0.460 e. The summed E-state index contributed by atoms with van der Waals surface area (Å²) in [5.74, 6) is -0.304. The molecule has 0 aliphatic carbocycles. The van der Waals surface area contributed by atoms with Gasteiger partial charge in [0.05, 0.1) is 6.10 Å². The standard InChI is InChI=1S/C19H37IO2Si/c1-5-19(21)22-18(2)16-14-12-10-8-6-7-9-11-13-15-17-23(3,4)20/h5,18H,1,6-17H2,2-4H3. The van der Waals surface area contributed by atoms with E-state index in [4.69, 9.17) is 4.74 Å². The SMILES string of the molecule is C=CC(=O)OC(C)CCCCCCCCCCCC[Si](C)(C)I. The maximum atomic E-state index is 11.0. The second kappa shape index (κ2) is 14.5. The van der Waals surface area contributed by atoms with Crippen LogP contribution in [0.5, 0.6) is 0 Å². The molecule has 2 nitrogen and oxygen atoms in total. The zero-order valence-corrected chi connectivity index (χ0v) is 18.7. The van der Waals surface area contributed by atoms with Crippen LogP contribution >= 0.6 is 21.8 Å². The molecule has 0 spiro atoms. The topological polar surface area (TPSA) is 26.3 Å². The highest BCUT2D eigenvalue weighted by molar-refractivity contribution is 14.1. The first kappa shape index (κ1) is 23.2. The van der Waals surface area contributed by atoms with Gasteiger partial charge in [-0.25, -0.2) is 4.79 Å². The highest BCUT2D eigenvalue weighted by atomic mass is 127. The van der Waals surface area contributed by atoms with Crippen molar-refractivity contribution in [1.82, 2.24) is 0 Å². The summed E-state index contributed by atoms with van der Waals surface area (Å²) in [6.45, 7) is 10.3. The van der Waals surface area contributed by atoms with E-state index in [0.29, 0.717) is 0 Å². The Balaban J connectivity index is 3.22. The van der Waals surface area contributed by atoms with Crippen LogP contribution in [-0.4, -0.2) is 17.6 Å². The van der Waals surface area contributed by atoms with Crippen molar-refractivity contribution in [3.05, 3.63) is 12.7 Å². The van der Waals surface area contributed by atoms with Crippen molar-refractivity contribution in [3.63, 3.8) is 0 Å². The maximum Gasteiger partial charge on any atom is 0.330 e. The number of esters is 1. The lowest BCUT2D eigenvalue weighted by atomic mass is 10.0. The van der Waals surface area contributed by atoms with E-state index in [0.717, 1.165) is 12.8 Å². The van der Waals surface area contributed by atoms with Gasteiger partial charge < -0.3 is 4.74 Å². The van der Waals surface area contributed by atoms with Crippen molar-refractivity contribution in [2.24, 2.45) is 0 Å². The number of carbonyl (C=O) groups excluding carboxylic acids is 1. The van der Waals surface area contributed by atoms with E-state index in [1.165, 1.54) is 69.9 Å². The summed E-state index contributed by atoms with van der Waals surface area (Å²) in [5.41, 5.74) is -0.833. The molecule has 1 unspecified atom stereocenters. The average Bonchev–Trinajstić information content (AvgIpc) is 2.47. The molecule has 0 rings (SSSR count). The smallest absolute Gasteiger partial charge is 0.330 e. The van der Waals surface area contributed by atoms with Gasteiger partial charge >= 0.3 is 5.97 Å². The Bertz CT molecular complexity index is 313. The molecule has 0 aromatic heterocycles. The van der Waals surface area contributed by atoms with Gasteiger partial charge in [0.25, 0.3) is 0 Å². The first-order chi connectivity index (χ1) is 10.8. The van der Waals surface area contributed by atoms with Gasteiger partial charge in [0.15, 0.2) is 0 Å². The van der Waals surface area contributed by atoms with Crippen molar-refractivity contribution in [2.75, 3.05) is 0 Å². The number of unbranched alkanes of at least 4 members (excludes halogenated alkanes) is 9. The van der Waals surface area contributed by atoms with Crippen molar-refractivity contribution in [1.29, 1.82) is 0 Å². The minimum atomic E-state index is -0.833. The Morgan fingerprint density at radius 2 is 1.43 bits per heavy atom. The van der Waals surface area contributed by atoms with E-state index in [1.807, 2.05) is 6.92 Å². The summed E-state index contributed by atoms with van der Waals surface area (Å²) in [6, 6.07) is 1.48. The predicted octanol–water partition coefficient (Wildman–Crippen LogP) is 7.04.